The Balaban J connectivity index is 3.33. The number of pyridine rings is 1. The van der Waals surface area contributed by atoms with Gasteiger partial charge in [0.2, 0.25) is 0 Å². The molecule has 0 saturated carbocycles. The molecule has 0 radical (unpaired) electrons. The molecular formula is C15H25N3OS. The highest BCUT2D eigenvalue weighted by Gasteiger charge is 2.20. The van der Waals surface area contributed by atoms with Crippen LogP contribution in [0.1, 0.15) is 37.2 Å². The van der Waals surface area contributed by atoms with Crippen LogP contribution in [0.5, 0.6) is 0 Å². The Labute approximate surface area is 127 Å². The molecule has 0 bridgehead atoms. The van der Waals surface area contributed by atoms with Gasteiger partial charge in [-0.25, -0.2) is 0 Å². The number of thiocarbonyl (C=S) groups is 1. The van der Waals surface area contributed by atoms with Gasteiger partial charge in [0.05, 0.1) is 17.9 Å². The number of aryl methyl sites for hydroxylation is 2. The number of ether oxygens (including phenoxy) is 1. The Bertz CT molecular complexity index is 476. The van der Waals surface area contributed by atoms with Gasteiger partial charge in [-0.05, 0) is 33.3 Å². The third-order valence-corrected chi connectivity index (χ3v) is 3.73. The van der Waals surface area contributed by atoms with Crippen LogP contribution < -0.4 is 10.6 Å². The van der Waals surface area contributed by atoms with Crippen molar-refractivity contribution in [3.05, 3.63) is 23.0 Å². The van der Waals surface area contributed by atoms with Crippen LogP contribution in [0.4, 0.5) is 5.69 Å². The molecular weight excluding hydrogens is 270 g/mol. The van der Waals surface area contributed by atoms with Gasteiger partial charge in [-0.2, -0.15) is 0 Å². The standard InChI is InChI=1S/C15H25N3OS/c1-6-11(3)18(7-8-19-5)13-9-10(2)17-12(4)14(13)15(16)20/h9,11H,6-8H2,1-5H3,(H2,16,20). The smallest absolute Gasteiger partial charge is 0.107 e. The molecule has 1 aromatic rings. The lowest BCUT2D eigenvalue weighted by molar-refractivity contribution is 0.203. The van der Waals surface area contributed by atoms with Crippen LogP contribution in [-0.2, 0) is 4.74 Å². The highest BCUT2D eigenvalue weighted by Crippen LogP contribution is 2.26. The molecule has 0 aliphatic heterocycles. The van der Waals surface area contributed by atoms with Gasteiger partial charge in [-0.15, -0.1) is 0 Å². The predicted molar refractivity (Wildman–Crippen MR) is 88.6 cm³/mol. The number of nitrogens with zero attached hydrogens (tertiary/aromatic N) is 2. The largest absolute Gasteiger partial charge is 0.389 e. The summed E-state index contributed by atoms with van der Waals surface area (Å²) >= 11 is 5.21. The Morgan fingerprint density at radius 2 is 2.15 bits per heavy atom. The fraction of sp³-hybridized carbons (Fsp3) is 0.600. The highest BCUT2D eigenvalue weighted by molar-refractivity contribution is 7.80. The summed E-state index contributed by atoms with van der Waals surface area (Å²) in [6.45, 7) is 9.79. The number of nitrogens with two attached hydrogens (primary N) is 1. The average molecular weight is 295 g/mol. The van der Waals surface area contributed by atoms with E-state index in [4.69, 9.17) is 22.7 Å². The van der Waals surface area contributed by atoms with Gasteiger partial charge in [0.1, 0.15) is 4.99 Å². The molecule has 1 aromatic heterocycles. The zero-order valence-electron chi connectivity index (χ0n) is 13.1. The molecule has 5 heteroatoms. The van der Waals surface area contributed by atoms with Gasteiger partial charge in [-0.3, -0.25) is 4.98 Å². The topological polar surface area (TPSA) is 51.4 Å². The maximum atomic E-state index is 5.91. The van der Waals surface area contributed by atoms with Crippen molar-refractivity contribution >= 4 is 22.9 Å². The predicted octanol–water partition coefficient (Wildman–Crippen LogP) is 2.58. The first kappa shape index (κ1) is 16.9. The van der Waals surface area contributed by atoms with Crippen LogP contribution in [-0.4, -0.2) is 36.3 Å². The molecule has 2 N–H and O–H groups in total. The van der Waals surface area contributed by atoms with Crippen LogP contribution in [0.15, 0.2) is 6.07 Å². The van der Waals surface area contributed by atoms with Crippen LogP contribution in [0, 0.1) is 13.8 Å². The summed E-state index contributed by atoms with van der Waals surface area (Å²) in [5.74, 6) is 0. The molecule has 20 heavy (non-hydrogen) atoms. The van der Waals surface area contributed by atoms with Crippen LogP contribution >= 0.6 is 12.2 Å². The molecule has 112 valence electrons. The van der Waals surface area contributed by atoms with E-state index >= 15 is 0 Å². The molecule has 1 atom stereocenters. The molecule has 0 aliphatic rings. The Morgan fingerprint density at radius 1 is 1.50 bits per heavy atom. The van der Waals surface area contributed by atoms with E-state index in [1.165, 1.54) is 0 Å². The number of aromatic nitrogens is 1. The van der Waals surface area contributed by atoms with Crippen molar-refractivity contribution < 1.29 is 4.74 Å². The highest BCUT2D eigenvalue weighted by atomic mass is 32.1. The zero-order chi connectivity index (χ0) is 15.3. The molecule has 0 spiro atoms. The Morgan fingerprint density at radius 3 is 2.65 bits per heavy atom. The first-order valence-electron chi connectivity index (χ1n) is 6.96. The summed E-state index contributed by atoms with van der Waals surface area (Å²) in [5, 5.41) is 0. The molecule has 1 heterocycles. The van der Waals surface area contributed by atoms with Gasteiger partial charge in [-0.1, -0.05) is 19.1 Å². The maximum Gasteiger partial charge on any atom is 0.107 e. The van der Waals surface area contributed by atoms with Crippen molar-refractivity contribution in [1.29, 1.82) is 0 Å². The second-order valence-corrected chi connectivity index (χ2v) is 5.49. The normalized spacial score (nSPS) is 12.2. The van der Waals surface area contributed by atoms with Gasteiger partial charge < -0.3 is 15.4 Å². The molecule has 0 saturated heterocycles. The van der Waals surface area contributed by atoms with Crippen molar-refractivity contribution in [3.8, 4) is 0 Å². The first-order chi connectivity index (χ1) is 9.42. The zero-order valence-corrected chi connectivity index (χ0v) is 13.9. The van der Waals surface area contributed by atoms with Crippen LogP contribution in [0.2, 0.25) is 0 Å². The molecule has 0 aromatic carbocycles. The van der Waals surface area contributed by atoms with Crippen molar-refractivity contribution in [2.75, 3.05) is 25.2 Å². The van der Waals surface area contributed by atoms with E-state index in [0.29, 0.717) is 17.6 Å². The third-order valence-electron chi connectivity index (χ3n) is 3.52. The van der Waals surface area contributed by atoms with Gasteiger partial charge in [0.15, 0.2) is 0 Å². The number of hydrogen-bond acceptors (Lipinski definition) is 4. The van der Waals surface area contributed by atoms with Crippen molar-refractivity contribution in [2.45, 2.75) is 40.2 Å². The third kappa shape index (κ3) is 3.90. The minimum Gasteiger partial charge on any atom is -0.389 e. The number of anilines is 1. The van der Waals surface area contributed by atoms with E-state index in [0.717, 1.165) is 35.6 Å². The lowest BCUT2D eigenvalue weighted by Crippen LogP contribution is -2.37. The number of rotatable bonds is 7. The van der Waals surface area contributed by atoms with E-state index < -0.39 is 0 Å². The fourth-order valence-corrected chi connectivity index (χ4v) is 2.58. The molecule has 1 rings (SSSR count). The summed E-state index contributed by atoms with van der Waals surface area (Å²) in [6, 6.07) is 2.45. The minimum atomic E-state index is 0.388. The summed E-state index contributed by atoms with van der Waals surface area (Å²) in [4.78, 5) is 7.18. The first-order valence-corrected chi connectivity index (χ1v) is 7.36. The van der Waals surface area contributed by atoms with E-state index in [1.807, 2.05) is 13.8 Å². The van der Waals surface area contributed by atoms with Gasteiger partial charge in [0, 0.05) is 31.1 Å². The molecule has 4 nitrogen and oxygen atoms in total. The van der Waals surface area contributed by atoms with E-state index in [-0.39, 0.29) is 0 Å². The van der Waals surface area contributed by atoms with E-state index in [9.17, 15) is 0 Å². The second-order valence-electron chi connectivity index (χ2n) is 5.05. The van der Waals surface area contributed by atoms with Gasteiger partial charge in [0.25, 0.3) is 0 Å². The van der Waals surface area contributed by atoms with Gasteiger partial charge >= 0.3 is 0 Å². The summed E-state index contributed by atoms with van der Waals surface area (Å²) in [6.07, 6.45) is 1.04. The Hall–Kier alpha value is -1.20. The monoisotopic (exact) mass is 295 g/mol. The van der Waals surface area contributed by atoms with Crippen molar-refractivity contribution in [1.82, 2.24) is 4.98 Å². The summed E-state index contributed by atoms with van der Waals surface area (Å²) < 4.78 is 5.23. The lowest BCUT2D eigenvalue weighted by Gasteiger charge is -2.32. The quantitative estimate of drug-likeness (QED) is 0.784. The summed E-state index contributed by atoms with van der Waals surface area (Å²) in [7, 11) is 1.71. The Kier molecular flexibility index (Phi) is 6.36. The maximum absolute atomic E-state index is 5.91. The average Bonchev–Trinajstić information content (AvgIpc) is 2.37. The van der Waals surface area contributed by atoms with E-state index in [2.05, 4.69) is 29.8 Å². The van der Waals surface area contributed by atoms with Crippen molar-refractivity contribution in [2.24, 2.45) is 5.73 Å². The fourth-order valence-electron chi connectivity index (χ4n) is 2.33. The molecule has 0 fully saturated rings. The van der Waals surface area contributed by atoms with E-state index in [1.54, 1.807) is 7.11 Å². The SMILES string of the molecule is CCC(C)N(CCOC)c1cc(C)nc(C)c1C(N)=S. The second kappa shape index (κ2) is 7.55. The van der Waals surface area contributed by atoms with Crippen LogP contribution in [0.25, 0.3) is 0 Å². The molecule has 0 aliphatic carbocycles. The van der Waals surface area contributed by atoms with Crippen molar-refractivity contribution in [3.63, 3.8) is 0 Å². The molecule has 1 unspecified atom stereocenters. The summed E-state index contributed by atoms with van der Waals surface area (Å²) in [5.41, 5.74) is 9.71. The number of hydrogen-bond donors (Lipinski definition) is 1. The minimum absolute atomic E-state index is 0.388. The lowest BCUT2D eigenvalue weighted by atomic mass is 10.1. The molecule has 0 amide bonds. The number of methoxy groups -OCH3 is 1. The van der Waals surface area contributed by atoms with Crippen LogP contribution in [0.3, 0.4) is 0 Å².